The van der Waals surface area contributed by atoms with Gasteiger partial charge >= 0.3 is 0 Å². The molecule has 0 saturated heterocycles. The largest absolute Gasteiger partial charge is 0.284 e. The maximum atomic E-state index is 5.19. The molecule has 1 nitrogen and oxygen atoms in total. The Kier molecular flexibility index (Phi) is 6.94. The lowest BCUT2D eigenvalue weighted by Crippen LogP contribution is -2.16. The van der Waals surface area contributed by atoms with Crippen LogP contribution in [0.1, 0.15) is 22.7 Å². The smallest absolute Gasteiger partial charge is 0.0995 e. The minimum Gasteiger partial charge on any atom is -0.284 e. The van der Waals surface area contributed by atoms with Gasteiger partial charge in [-0.2, -0.15) is 0 Å². The van der Waals surface area contributed by atoms with Crippen LogP contribution in [0.15, 0.2) is 144 Å². The Bertz CT molecular complexity index is 1250. The van der Waals surface area contributed by atoms with Crippen LogP contribution in [0.5, 0.6) is 0 Å². The van der Waals surface area contributed by atoms with Crippen molar-refractivity contribution in [1.82, 2.24) is 0 Å². The van der Waals surface area contributed by atoms with Gasteiger partial charge in [-0.25, -0.2) is 0 Å². The summed E-state index contributed by atoms with van der Waals surface area (Å²) in [5.41, 5.74) is 3.69. The summed E-state index contributed by atoms with van der Waals surface area (Å²) in [5.74, 6) is 0.184. The highest BCUT2D eigenvalue weighted by molar-refractivity contribution is 7.76. The Balaban J connectivity index is 1.50. The van der Waals surface area contributed by atoms with Crippen molar-refractivity contribution in [3.63, 3.8) is 0 Å². The van der Waals surface area contributed by atoms with Crippen LogP contribution < -0.4 is 10.6 Å². The summed E-state index contributed by atoms with van der Waals surface area (Å²) in [5, 5.41) is 4.16. The second kappa shape index (κ2) is 10.6. The number of rotatable bonds is 7. The van der Waals surface area contributed by atoms with Crippen molar-refractivity contribution in [3.05, 3.63) is 155 Å². The van der Waals surface area contributed by atoms with E-state index < -0.39 is 7.92 Å². The molecule has 0 heterocycles. The van der Waals surface area contributed by atoms with Crippen LogP contribution in [0.2, 0.25) is 0 Å². The molecular formula is C32H28NP. The van der Waals surface area contributed by atoms with Gasteiger partial charge in [0.25, 0.3) is 0 Å². The average molecular weight is 458 g/mol. The molecule has 0 spiro atoms. The third-order valence-corrected chi connectivity index (χ3v) is 8.71. The molecule has 2 heteroatoms. The van der Waals surface area contributed by atoms with Crippen molar-refractivity contribution in [2.75, 3.05) is 0 Å². The molecular weight excluding hydrogens is 429 g/mol. The molecule has 0 N–H and O–H groups in total. The minimum atomic E-state index is -0.628. The van der Waals surface area contributed by atoms with Gasteiger partial charge in [-0.15, -0.1) is 0 Å². The van der Waals surface area contributed by atoms with Gasteiger partial charge in [0.15, 0.2) is 0 Å². The van der Waals surface area contributed by atoms with Crippen LogP contribution >= 0.6 is 7.92 Å². The van der Waals surface area contributed by atoms with Gasteiger partial charge in [0.2, 0.25) is 0 Å². The molecule has 0 radical (unpaired) electrons. The number of hydrogen-bond donors (Lipinski definition) is 0. The molecule has 4 aromatic rings. The monoisotopic (exact) mass is 457 g/mol. The summed E-state index contributed by atoms with van der Waals surface area (Å²) < 4.78 is 0. The maximum absolute atomic E-state index is 5.19. The van der Waals surface area contributed by atoms with E-state index in [1.807, 2.05) is 0 Å². The van der Waals surface area contributed by atoms with E-state index in [1.165, 1.54) is 32.6 Å². The first-order chi connectivity index (χ1) is 16.8. The topological polar surface area (TPSA) is 12.4 Å². The molecule has 5 rings (SSSR count). The second-order valence-corrected chi connectivity index (χ2v) is 10.8. The first kappa shape index (κ1) is 22.3. The number of benzene rings is 4. The number of hydrogen-bond acceptors (Lipinski definition) is 1. The Labute approximate surface area is 204 Å². The van der Waals surface area contributed by atoms with Crippen molar-refractivity contribution in [2.45, 2.75) is 13.0 Å². The predicted molar refractivity (Wildman–Crippen MR) is 148 cm³/mol. The first-order valence-electron chi connectivity index (χ1n) is 11.7. The summed E-state index contributed by atoms with van der Waals surface area (Å²) >= 11 is 0. The van der Waals surface area contributed by atoms with Crippen LogP contribution in [0.25, 0.3) is 0 Å². The molecule has 0 amide bonds. The molecule has 2 unspecified atom stereocenters. The van der Waals surface area contributed by atoms with E-state index in [2.05, 4.69) is 147 Å². The van der Waals surface area contributed by atoms with E-state index in [4.69, 9.17) is 4.99 Å². The number of aryl methyl sites for hydroxylation is 1. The van der Waals surface area contributed by atoms with Gasteiger partial charge < -0.3 is 0 Å². The number of allylic oxidation sites excluding steroid dienone is 4. The third kappa shape index (κ3) is 5.01. The maximum Gasteiger partial charge on any atom is 0.0995 e. The molecule has 1 aliphatic rings. The van der Waals surface area contributed by atoms with Crippen LogP contribution in [0.3, 0.4) is 0 Å². The fourth-order valence-corrected chi connectivity index (χ4v) is 6.88. The van der Waals surface area contributed by atoms with Gasteiger partial charge in [-0.05, 0) is 41.9 Å². The van der Waals surface area contributed by atoms with Crippen molar-refractivity contribution in [3.8, 4) is 0 Å². The highest BCUT2D eigenvalue weighted by atomic mass is 31.1. The molecule has 166 valence electrons. The minimum absolute atomic E-state index is 0.0169. The van der Waals surface area contributed by atoms with Crippen LogP contribution in [0.4, 0.5) is 0 Å². The molecule has 0 aliphatic heterocycles. The van der Waals surface area contributed by atoms with Gasteiger partial charge in [-0.1, -0.05) is 139 Å². The van der Waals surface area contributed by atoms with Crippen LogP contribution in [0, 0.1) is 12.8 Å². The van der Waals surface area contributed by atoms with E-state index in [-0.39, 0.29) is 12.0 Å². The van der Waals surface area contributed by atoms with Crippen molar-refractivity contribution < 1.29 is 0 Å². The zero-order valence-corrected chi connectivity index (χ0v) is 20.2. The quantitative estimate of drug-likeness (QED) is 0.203. The standard InChI is InChI=1S/C32H28NP/c1-25-20-22-27(23-21-25)32(26-12-5-2-6-13-26)33-24-28-14-11-19-31(28)34(29-15-7-3-8-16-29)30-17-9-4-10-18-30/h2-24,28,32H,1H3. The summed E-state index contributed by atoms with van der Waals surface area (Å²) in [7, 11) is -0.628. The van der Waals surface area contributed by atoms with Crippen molar-refractivity contribution in [2.24, 2.45) is 10.9 Å². The zero-order valence-electron chi connectivity index (χ0n) is 19.3. The molecule has 0 saturated carbocycles. The van der Waals surface area contributed by atoms with Gasteiger partial charge in [0, 0.05) is 12.1 Å². The molecule has 34 heavy (non-hydrogen) atoms. The summed E-state index contributed by atoms with van der Waals surface area (Å²) in [6.07, 6.45) is 8.92. The molecule has 2 atom stereocenters. The molecule has 1 aliphatic carbocycles. The Morgan fingerprint density at radius 2 is 1.21 bits per heavy atom. The number of aliphatic imine (C=N–C) groups is 1. The average Bonchev–Trinajstić information content (AvgIpc) is 3.35. The fraction of sp³-hybridized carbons (Fsp3) is 0.0938. The van der Waals surface area contributed by atoms with E-state index in [0.29, 0.717) is 0 Å². The predicted octanol–water partition coefficient (Wildman–Crippen LogP) is 7.36. The van der Waals surface area contributed by atoms with E-state index in [9.17, 15) is 0 Å². The lowest BCUT2D eigenvalue weighted by molar-refractivity contribution is 0.868. The highest BCUT2D eigenvalue weighted by Crippen LogP contribution is 2.48. The second-order valence-electron chi connectivity index (χ2n) is 8.53. The van der Waals surface area contributed by atoms with Gasteiger partial charge in [0.05, 0.1) is 6.04 Å². The lowest BCUT2D eigenvalue weighted by Gasteiger charge is -2.24. The Morgan fingerprint density at radius 3 is 1.79 bits per heavy atom. The van der Waals surface area contributed by atoms with Crippen LogP contribution in [-0.4, -0.2) is 6.21 Å². The Hall–Kier alpha value is -3.54. The lowest BCUT2D eigenvalue weighted by atomic mass is 9.98. The summed E-state index contributed by atoms with van der Waals surface area (Å²) in [6.45, 7) is 2.13. The molecule has 0 bridgehead atoms. The van der Waals surface area contributed by atoms with Gasteiger partial charge in [0.1, 0.15) is 0 Å². The number of nitrogens with zero attached hydrogens (tertiary/aromatic N) is 1. The first-order valence-corrected chi connectivity index (χ1v) is 13.1. The highest BCUT2D eigenvalue weighted by Gasteiger charge is 2.25. The third-order valence-electron chi connectivity index (χ3n) is 6.12. The van der Waals surface area contributed by atoms with E-state index in [1.54, 1.807) is 0 Å². The van der Waals surface area contributed by atoms with Gasteiger partial charge in [-0.3, -0.25) is 4.99 Å². The molecule has 0 aromatic heterocycles. The SMILES string of the molecule is Cc1ccc(C(N=CC2C=CC=C2P(c2ccccc2)c2ccccc2)c2ccccc2)cc1. The summed E-state index contributed by atoms with van der Waals surface area (Å²) in [4.78, 5) is 5.19. The van der Waals surface area contributed by atoms with Crippen molar-refractivity contribution in [1.29, 1.82) is 0 Å². The zero-order chi connectivity index (χ0) is 23.2. The molecule has 0 fully saturated rings. The summed E-state index contributed by atoms with van der Waals surface area (Å²) in [6, 6.07) is 41.1. The van der Waals surface area contributed by atoms with Crippen LogP contribution in [-0.2, 0) is 0 Å². The van der Waals surface area contributed by atoms with Crippen molar-refractivity contribution >= 4 is 24.7 Å². The normalized spacial score (nSPS) is 16.2. The Morgan fingerprint density at radius 1 is 0.676 bits per heavy atom. The van der Waals surface area contributed by atoms with E-state index in [0.717, 1.165) is 0 Å². The van der Waals surface area contributed by atoms with E-state index >= 15 is 0 Å². The molecule has 4 aromatic carbocycles. The fourth-order valence-electron chi connectivity index (χ4n) is 4.36.